The zero-order valence-electron chi connectivity index (χ0n) is 10.4. The number of rotatable bonds is 3. The molecule has 1 aliphatic rings. The molecule has 0 radical (unpaired) electrons. The second-order valence-electron chi connectivity index (χ2n) is 4.34. The van der Waals surface area contributed by atoms with Crippen molar-refractivity contribution in [2.45, 2.75) is 23.8 Å². The fraction of sp³-hybridized carbons (Fsp3) is 0.455. The summed E-state index contributed by atoms with van der Waals surface area (Å²) in [5.41, 5.74) is 5.56. The molecule has 0 spiro atoms. The van der Waals surface area contributed by atoms with Gasteiger partial charge in [0.25, 0.3) is 0 Å². The van der Waals surface area contributed by atoms with E-state index in [0.29, 0.717) is 17.4 Å². The van der Waals surface area contributed by atoms with Crippen LogP contribution in [0, 0.1) is 5.82 Å². The Balaban J connectivity index is 0.00000200. The summed E-state index contributed by atoms with van der Waals surface area (Å²) in [6.45, 7) is 0.586. The summed E-state index contributed by atoms with van der Waals surface area (Å²) in [4.78, 5) is -0.402. The van der Waals surface area contributed by atoms with Gasteiger partial charge in [0.05, 0.1) is 5.02 Å². The van der Waals surface area contributed by atoms with Gasteiger partial charge in [-0.2, -0.15) is 4.31 Å². The van der Waals surface area contributed by atoms with Gasteiger partial charge in [-0.3, -0.25) is 0 Å². The number of benzene rings is 1. The van der Waals surface area contributed by atoms with Gasteiger partial charge in [0.2, 0.25) is 10.0 Å². The maximum atomic E-state index is 13.9. The van der Waals surface area contributed by atoms with E-state index in [1.54, 1.807) is 0 Å². The summed E-state index contributed by atoms with van der Waals surface area (Å²) in [6.07, 6.45) is 1.43. The maximum absolute atomic E-state index is 13.9. The second kappa shape index (κ2) is 6.89. The third kappa shape index (κ3) is 3.28. The van der Waals surface area contributed by atoms with E-state index < -0.39 is 20.7 Å². The van der Waals surface area contributed by atoms with Gasteiger partial charge in [-0.25, -0.2) is 12.8 Å². The van der Waals surface area contributed by atoms with E-state index in [2.05, 4.69) is 15.9 Å². The van der Waals surface area contributed by atoms with Crippen molar-refractivity contribution in [3.05, 3.63) is 27.4 Å². The summed E-state index contributed by atoms with van der Waals surface area (Å²) >= 11 is 8.90. The molecule has 20 heavy (non-hydrogen) atoms. The summed E-state index contributed by atoms with van der Waals surface area (Å²) in [5, 5.41) is 0.156. The highest BCUT2D eigenvalue weighted by molar-refractivity contribution is 9.10. The molecule has 0 saturated carbocycles. The minimum Gasteiger partial charge on any atom is -0.329 e. The molecule has 0 aromatic heterocycles. The molecule has 0 aliphatic carbocycles. The molecule has 1 unspecified atom stereocenters. The van der Waals surface area contributed by atoms with Crippen molar-refractivity contribution in [3.63, 3.8) is 0 Å². The van der Waals surface area contributed by atoms with Crippen molar-refractivity contribution in [1.29, 1.82) is 0 Å². The monoisotopic (exact) mass is 406 g/mol. The zero-order valence-corrected chi connectivity index (χ0v) is 14.3. The van der Waals surface area contributed by atoms with Crippen LogP contribution >= 0.6 is 39.9 Å². The van der Waals surface area contributed by atoms with E-state index in [1.165, 1.54) is 4.31 Å². The standard InChI is InChI=1S/C11H13BrClFN2O2S.ClH/c12-8-4-10(14)11(5-9(8)13)19(17,18)16-3-1-2-7(16)6-15;/h4-5,7H,1-3,6,15H2;1H. The lowest BCUT2D eigenvalue weighted by molar-refractivity contribution is 0.390. The molecule has 1 heterocycles. The molecule has 0 bridgehead atoms. The highest BCUT2D eigenvalue weighted by Gasteiger charge is 2.36. The molecule has 1 aromatic rings. The number of halogens is 4. The number of hydrogen-bond acceptors (Lipinski definition) is 3. The first-order valence-electron chi connectivity index (χ1n) is 5.74. The number of hydrogen-bond donors (Lipinski definition) is 1. The van der Waals surface area contributed by atoms with E-state index in [-0.39, 0.29) is 30.0 Å². The molecule has 0 amide bonds. The summed E-state index contributed by atoms with van der Waals surface area (Å²) < 4.78 is 40.4. The molecule has 1 saturated heterocycles. The van der Waals surface area contributed by atoms with Gasteiger partial charge >= 0.3 is 0 Å². The lowest BCUT2D eigenvalue weighted by Crippen LogP contribution is -2.40. The Labute approximate surface area is 137 Å². The lowest BCUT2D eigenvalue weighted by atomic mass is 10.2. The Bertz CT molecular complexity index is 600. The van der Waals surface area contributed by atoms with Crippen LogP contribution in [0.15, 0.2) is 21.5 Å². The molecule has 2 rings (SSSR count). The van der Waals surface area contributed by atoms with Crippen molar-refractivity contribution in [2.75, 3.05) is 13.1 Å². The van der Waals surface area contributed by atoms with Crippen molar-refractivity contribution in [3.8, 4) is 0 Å². The minimum absolute atomic E-state index is 0. The summed E-state index contributed by atoms with van der Waals surface area (Å²) in [7, 11) is -3.90. The van der Waals surface area contributed by atoms with Gasteiger partial charge in [0.15, 0.2) is 0 Å². The molecule has 1 atom stereocenters. The Kier molecular flexibility index (Phi) is 6.25. The predicted molar refractivity (Wildman–Crippen MR) is 82.3 cm³/mol. The van der Waals surface area contributed by atoms with Gasteiger partial charge in [-0.05, 0) is 40.9 Å². The molecular formula is C11H14BrCl2FN2O2S. The average Bonchev–Trinajstić information content (AvgIpc) is 2.82. The van der Waals surface area contributed by atoms with Crippen LogP contribution in [0.3, 0.4) is 0 Å². The molecule has 4 nitrogen and oxygen atoms in total. The van der Waals surface area contributed by atoms with Crippen LogP contribution in [-0.2, 0) is 10.0 Å². The van der Waals surface area contributed by atoms with Gasteiger partial charge in [0.1, 0.15) is 10.7 Å². The SMILES string of the molecule is Cl.NCC1CCCN1S(=O)(=O)c1cc(Cl)c(Br)cc1F. The van der Waals surface area contributed by atoms with Crippen LogP contribution in [0.2, 0.25) is 5.02 Å². The van der Waals surface area contributed by atoms with Gasteiger partial charge < -0.3 is 5.73 Å². The molecular weight excluding hydrogens is 394 g/mol. The maximum Gasteiger partial charge on any atom is 0.246 e. The zero-order chi connectivity index (χ0) is 14.2. The van der Waals surface area contributed by atoms with Crippen LogP contribution in [0.25, 0.3) is 0 Å². The van der Waals surface area contributed by atoms with Crippen molar-refractivity contribution in [2.24, 2.45) is 5.73 Å². The number of sulfonamides is 1. The summed E-state index contributed by atoms with van der Waals surface area (Å²) in [6, 6.07) is 1.91. The predicted octanol–water partition coefficient (Wildman–Crippen LogP) is 2.78. The average molecular weight is 408 g/mol. The van der Waals surface area contributed by atoms with Crippen LogP contribution in [0.5, 0.6) is 0 Å². The first kappa shape index (κ1) is 18.1. The summed E-state index contributed by atoms with van der Waals surface area (Å²) in [5.74, 6) is -0.820. The first-order valence-corrected chi connectivity index (χ1v) is 8.35. The van der Waals surface area contributed by atoms with Crippen LogP contribution < -0.4 is 5.73 Å². The Morgan fingerprint density at radius 3 is 2.75 bits per heavy atom. The topological polar surface area (TPSA) is 63.4 Å². The van der Waals surface area contributed by atoms with E-state index in [1.807, 2.05) is 0 Å². The lowest BCUT2D eigenvalue weighted by Gasteiger charge is -2.23. The van der Waals surface area contributed by atoms with Crippen LogP contribution in [0.1, 0.15) is 12.8 Å². The Morgan fingerprint density at radius 1 is 1.50 bits per heavy atom. The smallest absolute Gasteiger partial charge is 0.246 e. The normalized spacial score (nSPS) is 19.9. The van der Waals surface area contributed by atoms with Gasteiger partial charge in [-0.15, -0.1) is 12.4 Å². The first-order chi connectivity index (χ1) is 8.87. The molecule has 2 N–H and O–H groups in total. The number of nitrogens with two attached hydrogens (primary N) is 1. The Hall–Kier alpha value is 0.0800. The molecule has 9 heteroatoms. The second-order valence-corrected chi connectivity index (χ2v) is 7.46. The van der Waals surface area contributed by atoms with Gasteiger partial charge in [-0.1, -0.05) is 11.6 Å². The Morgan fingerprint density at radius 2 is 2.15 bits per heavy atom. The van der Waals surface area contributed by atoms with E-state index in [9.17, 15) is 12.8 Å². The third-order valence-corrected chi connectivity index (χ3v) is 6.32. The van der Waals surface area contributed by atoms with Crippen LogP contribution in [-0.4, -0.2) is 31.9 Å². The van der Waals surface area contributed by atoms with Crippen LogP contribution in [0.4, 0.5) is 4.39 Å². The quantitative estimate of drug-likeness (QED) is 0.783. The van der Waals surface area contributed by atoms with Crippen molar-refractivity contribution >= 4 is 50.0 Å². The minimum atomic E-state index is -3.90. The van der Waals surface area contributed by atoms with E-state index in [0.717, 1.165) is 18.6 Å². The van der Waals surface area contributed by atoms with E-state index >= 15 is 0 Å². The largest absolute Gasteiger partial charge is 0.329 e. The van der Waals surface area contributed by atoms with E-state index in [4.69, 9.17) is 17.3 Å². The molecule has 1 fully saturated rings. The van der Waals surface area contributed by atoms with Crippen molar-refractivity contribution < 1.29 is 12.8 Å². The third-order valence-electron chi connectivity index (χ3n) is 3.16. The van der Waals surface area contributed by atoms with Crippen molar-refractivity contribution in [1.82, 2.24) is 4.31 Å². The fourth-order valence-corrected chi connectivity index (χ4v) is 4.51. The highest BCUT2D eigenvalue weighted by atomic mass is 79.9. The highest BCUT2D eigenvalue weighted by Crippen LogP contribution is 2.32. The molecule has 1 aliphatic heterocycles. The molecule has 114 valence electrons. The fourth-order valence-electron chi connectivity index (χ4n) is 2.19. The van der Waals surface area contributed by atoms with Gasteiger partial charge in [0, 0.05) is 23.6 Å². The number of nitrogens with zero attached hydrogens (tertiary/aromatic N) is 1. The molecule has 1 aromatic carbocycles.